The van der Waals surface area contributed by atoms with E-state index in [1.54, 1.807) is 6.92 Å². The summed E-state index contributed by atoms with van der Waals surface area (Å²) < 4.78 is 4.86. The first-order chi connectivity index (χ1) is 7.00. The van der Waals surface area contributed by atoms with Gasteiger partial charge in [0.15, 0.2) is 5.75 Å². The Morgan fingerprint density at radius 2 is 2.40 bits per heavy atom. The van der Waals surface area contributed by atoms with Gasteiger partial charge in [-0.1, -0.05) is 0 Å². The Morgan fingerprint density at radius 3 is 2.93 bits per heavy atom. The monoisotopic (exact) mass is 212 g/mol. The number of carbonyl (C=O) groups excluding carboxylic acids is 1. The van der Waals surface area contributed by atoms with Crippen LogP contribution >= 0.6 is 0 Å². The Labute approximate surface area is 85.7 Å². The summed E-state index contributed by atoms with van der Waals surface area (Å²) in [6, 6.07) is 0.491. The summed E-state index contributed by atoms with van der Waals surface area (Å²) in [7, 11) is 0. The van der Waals surface area contributed by atoms with Crippen LogP contribution in [-0.2, 0) is 11.3 Å². The number of rotatable bonds is 3. The summed E-state index contributed by atoms with van der Waals surface area (Å²) in [4.78, 5) is 22.0. The molecule has 0 spiro atoms. The van der Waals surface area contributed by atoms with Crippen LogP contribution in [0.4, 0.5) is 0 Å². The third kappa shape index (κ3) is 3.10. The molecule has 82 valence electrons. The van der Waals surface area contributed by atoms with Crippen molar-refractivity contribution in [2.75, 3.05) is 0 Å². The van der Waals surface area contributed by atoms with Crippen molar-refractivity contribution in [2.24, 2.45) is 5.73 Å². The van der Waals surface area contributed by atoms with Gasteiger partial charge in [-0.3, -0.25) is 9.59 Å². The lowest BCUT2D eigenvalue weighted by molar-refractivity contribution is -0.122. The molecule has 0 fully saturated rings. The molecule has 1 unspecified atom stereocenters. The topological polar surface area (TPSA) is 106 Å². The minimum absolute atomic E-state index is 0.0654. The number of nitrogens with two attached hydrogens (primary N) is 1. The van der Waals surface area contributed by atoms with E-state index in [-0.39, 0.29) is 18.2 Å². The van der Waals surface area contributed by atoms with Crippen LogP contribution in [0.25, 0.3) is 0 Å². The molecule has 0 radical (unpaired) electrons. The number of carbonyl (C=O) groups is 1. The minimum atomic E-state index is -0.617. The summed E-state index contributed by atoms with van der Waals surface area (Å²) in [5, 5.41) is 11.4. The molecule has 0 aliphatic heterocycles. The van der Waals surface area contributed by atoms with Gasteiger partial charge in [0.05, 0.1) is 12.6 Å². The first kappa shape index (κ1) is 11.3. The predicted molar refractivity (Wildman–Crippen MR) is 52.1 cm³/mol. The van der Waals surface area contributed by atoms with E-state index in [1.807, 2.05) is 0 Å². The quantitative estimate of drug-likeness (QED) is 0.615. The summed E-state index contributed by atoms with van der Waals surface area (Å²) in [5.74, 6) is -0.546. The van der Waals surface area contributed by atoms with E-state index in [2.05, 4.69) is 5.32 Å². The number of aromatic hydroxyl groups is 1. The zero-order chi connectivity index (χ0) is 11.4. The van der Waals surface area contributed by atoms with Gasteiger partial charge in [0.2, 0.25) is 11.3 Å². The Hall–Kier alpha value is -1.82. The number of nitrogens with one attached hydrogen (secondary N) is 1. The maximum Gasteiger partial charge on any atom is 0.237 e. The van der Waals surface area contributed by atoms with Gasteiger partial charge in [-0.15, -0.1) is 0 Å². The van der Waals surface area contributed by atoms with Crippen LogP contribution in [0.3, 0.4) is 0 Å². The molecule has 6 heteroatoms. The molecule has 0 aliphatic carbocycles. The van der Waals surface area contributed by atoms with E-state index in [1.165, 1.54) is 0 Å². The second-order valence-electron chi connectivity index (χ2n) is 3.10. The summed E-state index contributed by atoms with van der Waals surface area (Å²) in [6.07, 6.45) is 0.926. The molecule has 0 saturated heterocycles. The van der Waals surface area contributed by atoms with Gasteiger partial charge in [0, 0.05) is 6.07 Å². The van der Waals surface area contributed by atoms with E-state index in [0.717, 1.165) is 12.3 Å². The number of hydrogen-bond donors (Lipinski definition) is 3. The molecule has 1 rings (SSSR count). The van der Waals surface area contributed by atoms with Gasteiger partial charge in [0.25, 0.3) is 0 Å². The van der Waals surface area contributed by atoms with E-state index in [9.17, 15) is 9.59 Å². The molecule has 1 amide bonds. The van der Waals surface area contributed by atoms with E-state index in [0.29, 0.717) is 0 Å². The Balaban J connectivity index is 2.63. The zero-order valence-electron chi connectivity index (χ0n) is 8.19. The van der Waals surface area contributed by atoms with Crippen molar-refractivity contribution < 1.29 is 14.3 Å². The molecule has 0 aliphatic rings. The standard InChI is InChI=1S/C9H12N2O4/c1-5(10)9(14)11-3-6-2-7(12)8(13)4-15-6/h2,4-5,13H,3,10H2,1H3,(H,11,14). The molecular formula is C9H12N2O4. The molecule has 1 aromatic rings. The first-order valence-electron chi connectivity index (χ1n) is 4.34. The fourth-order valence-corrected chi connectivity index (χ4v) is 0.872. The van der Waals surface area contributed by atoms with Crippen molar-refractivity contribution in [3.05, 3.63) is 28.3 Å². The molecule has 1 atom stereocenters. The van der Waals surface area contributed by atoms with Gasteiger partial charge in [-0.05, 0) is 6.92 Å². The first-order valence-corrected chi connectivity index (χ1v) is 4.34. The van der Waals surface area contributed by atoms with Gasteiger partial charge in [-0.25, -0.2) is 0 Å². The van der Waals surface area contributed by atoms with Crippen LogP contribution in [0.1, 0.15) is 12.7 Å². The molecular weight excluding hydrogens is 200 g/mol. The molecule has 0 saturated carbocycles. The Bertz CT molecular complexity index is 411. The third-order valence-electron chi connectivity index (χ3n) is 1.72. The van der Waals surface area contributed by atoms with Crippen molar-refractivity contribution >= 4 is 5.91 Å². The Morgan fingerprint density at radius 1 is 1.73 bits per heavy atom. The lowest BCUT2D eigenvalue weighted by Gasteiger charge is -2.06. The van der Waals surface area contributed by atoms with Crippen molar-refractivity contribution in [1.29, 1.82) is 0 Å². The second kappa shape index (κ2) is 4.61. The molecule has 4 N–H and O–H groups in total. The summed E-state index contributed by atoms with van der Waals surface area (Å²) >= 11 is 0. The average molecular weight is 212 g/mol. The van der Waals surface area contributed by atoms with Gasteiger partial charge >= 0.3 is 0 Å². The van der Waals surface area contributed by atoms with Crippen LogP contribution in [0.15, 0.2) is 21.5 Å². The van der Waals surface area contributed by atoms with Crippen LogP contribution < -0.4 is 16.5 Å². The maximum absolute atomic E-state index is 11.1. The lowest BCUT2D eigenvalue weighted by Crippen LogP contribution is -2.37. The summed E-state index contributed by atoms with van der Waals surface area (Å²) in [6.45, 7) is 1.61. The van der Waals surface area contributed by atoms with E-state index >= 15 is 0 Å². The van der Waals surface area contributed by atoms with Crippen molar-refractivity contribution in [3.63, 3.8) is 0 Å². The minimum Gasteiger partial charge on any atom is -0.502 e. The van der Waals surface area contributed by atoms with Crippen molar-refractivity contribution in [2.45, 2.75) is 19.5 Å². The van der Waals surface area contributed by atoms with Crippen LogP contribution in [0.5, 0.6) is 5.75 Å². The van der Waals surface area contributed by atoms with Crippen molar-refractivity contribution in [3.8, 4) is 5.75 Å². The highest BCUT2D eigenvalue weighted by Gasteiger charge is 2.07. The van der Waals surface area contributed by atoms with Crippen LogP contribution in [0, 0.1) is 0 Å². The zero-order valence-corrected chi connectivity index (χ0v) is 8.19. The van der Waals surface area contributed by atoms with Crippen molar-refractivity contribution in [1.82, 2.24) is 5.32 Å². The molecule has 6 nitrogen and oxygen atoms in total. The molecule has 1 heterocycles. The highest BCUT2D eigenvalue weighted by atomic mass is 16.4. The van der Waals surface area contributed by atoms with Gasteiger partial charge in [-0.2, -0.15) is 0 Å². The third-order valence-corrected chi connectivity index (χ3v) is 1.72. The van der Waals surface area contributed by atoms with Gasteiger partial charge in [0.1, 0.15) is 12.0 Å². The van der Waals surface area contributed by atoms with Crippen LogP contribution in [-0.4, -0.2) is 17.1 Å². The normalized spacial score (nSPS) is 12.1. The average Bonchev–Trinajstić information content (AvgIpc) is 2.19. The van der Waals surface area contributed by atoms with Gasteiger partial charge < -0.3 is 20.6 Å². The number of amides is 1. The SMILES string of the molecule is CC(N)C(=O)NCc1cc(=O)c(O)co1. The smallest absolute Gasteiger partial charge is 0.237 e. The molecule has 15 heavy (non-hydrogen) atoms. The fraction of sp³-hybridized carbons (Fsp3) is 0.333. The number of hydrogen-bond acceptors (Lipinski definition) is 5. The van der Waals surface area contributed by atoms with Crippen LogP contribution in [0.2, 0.25) is 0 Å². The fourth-order valence-electron chi connectivity index (χ4n) is 0.872. The largest absolute Gasteiger partial charge is 0.502 e. The lowest BCUT2D eigenvalue weighted by atomic mass is 10.3. The molecule has 0 bridgehead atoms. The second-order valence-corrected chi connectivity index (χ2v) is 3.10. The maximum atomic E-state index is 11.1. The molecule has 1 aromatic heterocycles. The van der Waals surface area contributed by atoms with E-state index < -0.39 is 17.2 Å². The predicted octanol–water partition coefficient (Wildman–Crippen LogP) is -0.691. The summed E-state index contributed by atoms with van der Waals surface area (Å²) in [5.41, 5.74) is 4.76. The Kier molecular flexibility index (Phi) is 3.46. The van der Waals surface area contributed by atoms with E-state index in [4.69, 9.17) is 15.3 Å². The highest BCUT2D eigenvalue weighted by molar-refractivity contribution is 5.80. The highest BCUT2D eigenvalue weighted by Crippen LogP contribution is 2.02. The molecule has 0 aromatic carbocycles.